The van der Waals surface area contributed by atoms with Gasteiger partial charge in [0.15, 0.2) is 0 Å². The van der Waals surface area contributed by atoms with Crippen molar-refractivity contribution in [2.75, 3.05) is 19.5 Å². The maximum atomic E-state index is 11.9. The molecule has 1 N–H and O–H groups in total. The largest absolute Gasteiger partial charge is 0.466 e. The molecule has 0 spiro atoms. The lowest BCUT2D eigenvalue weighted by atomic mass is 10.2. The van der Waals surface area contributed by atoms with E-state index in [1.54, 1.807) is 16.6 Å². The summed E-state index contributed by atoms with van der Waals surface area (Å²) in [6, 6.07) is 7.22. The third-order valence-corrected chi connectivity index (χ3v) is 4.13. The van der Waals surface area contributed by atoms with Crippen LogP contribution in [0.15, 0.2) is 42.4 Å². The fourth-order valence-corrected chi connectivity index (χ4v) is 2.88. The second-order valence-corrected chi connectivity index (χ2v) is 5.66. The summed E-state index contributed by atoms with van der Waals surface area (Å²) >= 11 is 1.34. The molecule has 0 atom stereocenters. The zero-order valence-electron chi connectivity index (χ0n) is 13.3. The van der Waals surface area contributed by atoms with E-state index in [0.717, 1.165) is 11.6 Å². The summed E-state index contributed by atoms with van der Waals surface area (Å²) in [6.07, 6.45) is 2.53. The van der Waals surface area contributed by atoms with Crippen molar-refractivity contribution >= 4 is 33.9 Å². The van der Waals surface area contributed by atoms with Crippen LogP contribution in [-0.4, -0.2) is 46.0 Å². The van der Waals surface area contributed by atoms with Gasteiger partial charge in [-0.3, -0.25) is 0 Å². The highest BCUT2D eigenvalue weighted by Crippen LogP contribution is 2.31. The SMILES string of the molecule is COC(=O)/C=C(/Nc1ccccc1-c1nn2cnnc2s1)C(=O)OC. The van der Waals surface area contributed by atoms with Crippen molar-refractivity contribution in [1.29, 1.82) is 0 Å². The van der Waals surface area contributed by atoms with Gasteiger partial charge in [0.2, 0.25) is 4.96 Å². The predicted octanol–water partition coefficient (Wildman–Crippen LogP) is 1.49. The van der Waals surface area contributed by atoms with Gasteiger partial charge in [-0.15, -0.1) is 10.2 Å². The first-order valence-electron chi connectivity index (χ1n) is 7.03. The molecule has 0 unspecified atom stereocenters. The minimum Gasteiger partial charge on any atom is -0.466 e. The second kappa shape index (κ2) is 7.09. The fourth-order valence-electron chi connectivity index (χ4n) is 2.03. The van der Waals surface area contributed by atoms with E-state index in [4.69, 9.17) is 4.74 Å². The summed E-state index contributed by atoms with van der Waals surface area (Å²) in [5.41, 5.74) is 1.26. The number of carbonyl (C=O) groups is 2. The highest BCUT2D eigenvalue weighted by molar-refractivity contribution is 7.19. The monoisotopic (exact) mass is 359 g/mol. The average molecular weight is 359 g/mol. The molecule has 3 rings (SSSR count). The number of hydrogen-bond acceptors (Lipinski definition) is 9. The Balaban J connectivity index is 1.99. The Morgan fingerprint density at radius 1 is 1.24 bits per heavy atom. The van der Waals surface area contributed by atoms with Crippen molar-refractivity contribution in [1.82, 2.24) is 19.8 Å². The van der Waals surface area contributed by atoms with Gasteiger partial charge in [0.05, 0.1) is 20.3 Å². The van der Waals surface area contributed by atoms with Crippen LogP contribution in [0.5, 0.6) is 0 Å². The molecule has 0 saturated carbocycles. The van der Waals surface area contributed by atoms with Gasteiger partial charge in [-0.25, -0.2) is 9.59 Å². The van der Waals surface area contributed by atoms with Crippen molar-refractivity contribution in [3.05, 3.63) is 42.4 Å². The molecule has 10 heteroatoms. The van der Waals surface area contributed by atoms with Gasteiger partial charge in [-0.2, -0.15) is 9.61 Å². The predicted molar refractivity (Wildman–Crippen MR) is 89.8 cm³/mol. The van der Waals surface area contributed by atoms with E-state index < -0.39 is 11.9 Å². The van der Waals surface area contributed by atoms with Crippen molar-refractivity contribution in [2.45, 2.75) is 0 Å². The van der Waals surface area contributed by atoms with Crippen molar-refractivity contribution < 1.29 is 19.1 Å². The molecular formula is C15H13N5O4S. The van der Waals surface area contributed by atoms with Crippen molar-refractivity contribution in [3.8, 4) is 10.6 Å². The molecule has 128 valence electrons. The van der Waals surface area contributed by atoms with Crippen LogP contribution in [0.1, 0.15) is 0 Å². The normalized spacial score (nSPS) is 11.4. The molecule has 0 bridgehead atoms. The van der Waals surface area contributed by atoms with Gasteiger partial charge >= 0.3 is 11.9 Å². The smallest absolute Gasteiger partial charge is 0.354 e. The Labute approximate surface area is 145 Å². The highest BCUT2D eigenvalue weighted by atomic mass is 32.1. The van der Waals surface area contributed by atoms with Gasteiger partial charge in [0, 0.05) is 11.3 Å². The first kappa shape index (κ1) is 16.6. The quantitative estimate of drug-likeness (QED) is 0.539. The lowest BCUT2D eigenvalue weighted by Crippen LogP contribution is -2.15. The molecule has 2 aromatic heterocycles. The molecular weight excluding hydrogens is 346 g/mol. The number of hydrogen-bond donors (Lipinski definition) is 1. The third-order valence-electron chi connectivity index (χ3n) is 3.18. The van der Waals surface area contributed by atoms with Crippen LogP contribution >= 0.6 is 11.3 Å². The molecule has 0 aliphatic carbocycles. The van der Waals surface area contributed by atoms with E-state index in [1.807, 2.05) is 12.1 Å². The third kappa shape index (κ3) is 3.48. The molecule has 0 radical (unpaired) electrons. The Morgan fingerprint density at radius 2 is 2.04 bits per heavy atom. The summed E-state index contributed by atoms with van der Waals surface area (Å²) in [7, 11) is 2.45. The molecule has 3 aromatic rings. The van der Waals surface area contributed by atoms with Crippen LogP contribution in [0.25, 0.3) is 15.5 Å². The molecule has 0 saturated heterocycles. The number of anilines is 1. The minimum absolute atomic E-state index is 0.0511. The van der Waals surface area contributed by atoms with E-state index in [2.05, 4.69) is 25.3 Å². The van der Waals surface area contributed by atoms with E-state index in [0.29, 0.717) is 15.7 Å². The number of carbonyl (C=O) groups excluding carboxylic acids is 2. The van der Waals surface area contributed by atoms with Crippen LogP contribution in [0, 0.1) is 0 Å². The number of ether oxygens (including phenoxy) is 2. The van der Waals surface area contributed by atoms with E-state index in [9.17, 15) is 9.59 Å². The Hall–Kier alpha value is -3.27. The number of nitrogens with zero attached hydrogens (tertiary/aromatic N) is 4. The molecule has 0 amide bonds. The minimum atomic E-state index is -0.696. The zero-order chi connectivity index (χ0) is 17.8. The van der Waals surface area contributed by atoms with Gasteiger partial charge in [-0.05, 0) is 12.1 Å². The molecule has 9 nitrogen and oxygen atoms in total. The van der Waals surface area contributed by atoms with Crippen LogP contribution in [0.4, 0.5) is 5.69 Å². The number of nitrogens with one attached hydrogen (secondary N) is 1. The second-order valence-electron chi connectivity index (χ2n) is 4.71. The fraction of sp³-hybridized carbons (Fsp3) is 0.133. The van der Waals surface area contributed by atoms with Crippen molar-refractivity contribution in [3.63, 3.8) is 0 Å². The van der Waals surface area contributed by atoms with Crippen LogP contribution in [-0.2, 0) is 19.1 Å². The van der Waals surface area contributed by atoms with E-state index in [-0.39, 0.29) is 5.70 Å². The summed E-state index contributed by atoms with van der Waals surface area (Å²) in [4.78, 5) is 24.1. The number of methoxy groups -OCH3 is 2. The van der Waals surface area contributed by atoms with Gasteiger partial charge in [0.1, 0.15) is 17.0 Å². The standard InChI is InChI=1S/C15H13N5O4S/c1-23-12(21)7-11(14(22)24-2)17-10-6-4-3-5-9(10)13-19-20-8-16-18-15(20)25-13/h3-8,17H,1-2H3/b11-7+. The number of fused-ring (bicyclic) bond motifs is 1. The van der Waals surface area contributed by atoms with Gasteiger partial charge < -0.3 is 14.8 Å². The summed E-state index contributed by atoms with van der Waals surface area (Å²) < 4.78 is 10.8. The lowest BCUT2D eigenvalue weighted by molar-refractivity contribution is -0.138. The van der Waals surface area contributed by atoms with Crippen LogP contribution in [0.2, 0.25) is 0 Å². The molecule has 0 aliphatic rings. The highest BCUT2D eigenvalue weighted by Gasteiger charge is 2.17. The molecule has 2 heterocycles. The topological polar surface area (TPSA) is 108 Å². The number of aromatic nitrogens is 4. The molecule has 0 aliphatic heterocycles. The lowest BCUT2D eigenvalue weighted by Gasteiger charge is -2.12. The molecule has 0 fully saturated rings. The van der Waals surface area contributed by atoms with Gasteiger partial charge in [-0.1, -0.05) is 23.5 Å². The van der Waals surface area contributed by atoms with Crippen LogP contribution in [0.3, 0.4) is 0 Å². The zero-order valence-corrected chi connectivity index (χ0v) is 14.1. The maximum absolute atomic E-state index is 11.9. The molecule has 1 aromatic carbocycles. The van der Waals surface area contributed by atoms with Crippen molar-refractivity contribution in [2.24, 2.45) is 0 Å². The summed E-state index contributed by atoms with van der Waals surface area (Å²) in [5, 5.41) is 15.7. The Bertz CT molecular complexity index is 933. The first-order chi connectivity index (χ1) is 12.1. The van der Waals surface area contributed by atoms with Crippen LogP contribution < -0.4 is 5.32 Å². The Morgan fingerprint density at radius 3 is 2.76 bits per heavy atom. The summed E-state index contributed by atoms with van der Waals surface area (Å²) in [6.45, 7) is 0. The number of para-hydroxylation sites is 1. The summed E-state index contributed by atoms with van der Waals surface area (Å²) in [5.74, 6) is -1.37. The number of benzene rings is 1. The first-order valence-corrected chi connectivity index (χ1v) is 7.85. The maximum Gasteiger partial charge on any atom is 0.354 e. The van der Waals surface area contributed by atoms with Gasteiger partial charge in [0.25, 0.3) is 0 Å². The average Bonchev–Trinajstić information content (AvgIpc) is 3.22. The number of esters is 2. The van der Waals surface area contributed by atoms with E-state index in [1.165, 1.54) is 31.9 Å². The van der Waals surface area contributed by atoms with E-state index >= 15 is 0 Å². The Kier molecular flexibility index (Phi) is 4.70. The number of rotatable bonds is 5. The molecule has 25 heavy (non-hydrogen) atoms.